The molecule has 0 aliphatic carbocycles. The molecule has 0 radical (unpaired) electrons. The lowest BCUT2D eigenvalue weighted by molar-refractivity contribution is 0.639. The summed E-state index contributed by atoms with van der Waals surface area (Å²) < 4.78 is 13.3. The molecule has 1 aromatic heterocycles. The number of alkyl halides is 1. The molecule has 0 fully saturated rings. The van der Waals surface area contributed by atoms with E-state index < -0.39 is 0 Å². The fraction of sp³-hybridized carbons (Fsp3) is 0.100. The number of fused-ring (bicyclic) bond motifs is 1. The van der Waals surface area contributed by atoms with Crippen LogP contribution in [0.25, 0.3) is 10.8 Å². The first-order valence-electron chi connectivity index (χ1n) is 3.90. The minimum atomic E-state index is -0.192. The molecule has 2 aromatic rings. The molecule has 0 unspecified atom stereocenters. The predicted octanol–water partition coefficient (Wildman–Crippen LogP) is 3.85. The quantitative estimate of drug-likeness (QED) is 0.727. The van der Waals surface area contributed by atoms with E-state index in [9.17, 15) is 4.39 Å². The van der Waals surface area contributed by atoms with Gasteiger partial charge in [0, 0.05) is 28.5 Å². The topological polar surface area (TPSA) is 12.9 Å². The zero-order valence-electron chi connectivity index (χ0n) is 7.21. The summed E-state index contributed by atoms with van der Waals surface area (Å²) in [4.78, 5) is 3.98. The molecule has 0 saturated carbocycles. The number of halogens is 3. The second kappa shape index (κ2) is 4.84. The third-order valence-electron chi connectivity index (χ3n) is 2.00. The van der Waals surface area contributed by atoms with Crippen molar-refractivity contribution in [1.29, 1.82) is 0 Å². The molecule has 0 bridgehead atoms. The molecular weight excluding hydrogens is 313 g/mol. The summed E-state index contributed by atoms with van der Waals surface area (Å²) in [7, 11) is 0. The molecular formula is C10H8Br2FN. The van der Waals surface area contributed by atoms with Crippen LogP contribution < -0.4 is 0 Å². The van der Waals surface area contributed by atoms with E-state index in [2.05, 4.69) is 20.9 Å². The monoisotopic (exact) mass is 319 g/mol. The predicted molar refractivity (Wildman–Crippen MR) is 64.7 cm³/mol. The van der Waals surface area contributed by atoms with Gasteiger partial charge in [-0.25, -0.2) is 4.39 Å². The minimum absolute atomic E-state index is 0. The average Bonchev–Trinajstić information content (AvgIpc) is 2.19. The van der Waals surface area contributed by atoms with E-state index in [4.69, 9.17) is 0 Å². The number of benzene rings is 1. The lowest BCUT2D eigenvalue weighted by Gasteiger charge is -2.02. The smallest absolute Gasteiger partial charge is 0.131 e. The Balaban J connectivity index is 0.000000980. The lowest BCUT2D eigenvalue weighted by atomic mass is 10.1. The van der Waals surface area contributed by atoms with Crippen molar-refractivity contribution in [1.82, 2.24) is 4.98 Å². The zero-order chi connectivity index (χ0) is 9.26. The average molecular weight is 321 g/mol. The van der Waals surface area contributed by atoms with Gasteiger partial charge in [-0.05, 0) is 17.7 Å². The van der Waals surface area contributed by atoms with Gasteiger partial charge in [0.05, 0.1) is 0 Å². The molecule has 0 saturated heterocycles. The third kappa shape index (κ3) is 1.96. The Bertz CT molecular complexity index is 445. The molecule has 1 aromatic carbocycles. The second-order valence-electron chi connectivity index (χ2n) is 2.76. The zero-order valence-corrected chi connectivity index (χ0v) is 10.5. The van der Waals surface area contributed by atoms with Crippen molar-refractivity contribution in [2.45, 2.75) is 5.33 Å². The summed E-state index contributed by atoms with van der Waals surface area (Å²) in [5, 5.41) is 2.22. The van der Waals surface area contributed by atoms with Crippen LogP contribution in [0.15, 0.2) is 30.6 Å². The van der Waals surface area contributed by atoms with Crippen LogP contribution in [0.4, 0.5) is 4.39 Å². The summed E-state index contributed by atoms with van der Waals surface area (Å²) in [6, 6.07) is 4.95. The second-order valence-corrected chi connectivity index (χ2v) is 3.32. The fourth-order valence-electron chi connectivity index (χ4n) is 1.33. The highest BCUT2D eigenvalue weighted by Gasteiger charge is 2.03. The van der Waals surface area contributed by atoms with E-state index in [0.717, 1.165) is 16.3 Å². The Labute approximate surface area is 100 Å². The summed E-state index contributed by atoms with van der Waals surface area (Å²) >= 11 is 3.35. The molecule has 2 rings (SSSR count). The summed E-state index contributed by atoms with van der Waals surface area (Å²) in [5.41, 5.74) is 1.06. The molecule has 0 aliphatic rings. The van der Waals surface area contributed by atoms with Crippen LogP contribution in [0.5, 0.6) is 0 Å². The number of hydrogen-bond acceptors (Lipinski definition) is 1. The van der Waals surface area contributed by atoms with Gasteiger partial charge < -0.3 is 0 Å². The van der Waals surface area contributed by atoms with Crippen LogP contribution in [0.3, 0.4) is 0 Å². The largest absolute Gasteiger partial charge is 0.264 e. The maximum Gasteiger partial charge on any atom is 0.131 e. The first-order valence-corrected chi connectivity index (χ1v) is 5.02. The van der Waals surface area contributed by atoms with Crippen molar-refractivity contribution in [3.8, 4) is 0 Å². The number of hydrogen-bond donors (Lipinski definition) is 0. The molecule has 1 nitrogen and oxygen atoms in total. The molecule has 1 heterocycles. The number of pyridine rings is 1. The Morgan fingerprint density at radius 2 is 2.00 bits per heavy atom. The molecule has 0 amide bonds. The van der Waals surface area contributed by atoms with E-state index in [-0.39, 0.29) is 22.8 Å². The normalized spacial score (nSPS) is 9.86. The number of rotatable bonds is 1. The maximum atomic E-state index is 13.3. The molecule has 0 aliphatic heterocycles. The van der Waals surface area contributed by atoms with E-state index in [0.29, 0.717) is 5.39 Å². The highest BCUT2D eigenvalue weighted by atomic mass is 79.9. The standard InChI is InChI=1S/C10H7BrFN.BrH/c11-5-7-1-2-10(12)8-3-4-13-6-9(7)8;/h1-4,6H,5H2;1H. The van der Waals surface area contributed by atoms with Crippen LogP contribution in [0.1, 0.15) is 5.56 Å². The van der Waals surface area contributed by atoms with Gasteiger partial charge in [0.2, 0.25) is 0 Å². The summed E-state index contributed by atoms with van der Waals surface area (Å²) in [6.07, 6.45) is 3.29. The van der Waals surface area contributed by atoms with E-state index in [1.807, 2.05) is 0 Å². The van der Waals surface area contributed by atoms with Crippen molar-refractivity contribution < 1.29 is 4.39 Å². The Hall–Kier alpha value is -0.480. The van der Waals surface area contributed by atoms with E-state index in [1.54, 1.807) is 24.5 Å². The van der Waals surface area contributed by atoms with Gasteiger partial charge >= 0.3 is 0 Å². The summed E-state index contributed by atoms with van der Waals surface area (Å²) in [6.45, 7) is 0. The SMILES string of the molecule is Br.Fc1ccc(CBr)c2cnccc12. The Kier molecular flexibility index (Phi) is 4.01. The Morgan fingerprint density at radius 3 is 2.71 bits per heavy atom. The molecule has 0 atom stereocenters. The van der Waals surface area contributed by atoms with Gasteiger partial charge in [0.1, 0.15) is 5.82 Å². The van der Waals surface area contributed by atoms with Crippen molar-refractivity contribution >= 4 is 43.7 Å². The van der Waals surface area contributed by atoms with Gasteiger partial charge in [-0.1, -0.05) is 22.0 Å². The summed E-state index contributed by atoms with van der Waals surface area (Å²) in [5.74, 6) is -0.192. The number of aromatic nitrogens is 1. The molecule has 0 N–H and O–H groups in total. The van der Waals surface area contributed by atoms with Crippen LogP contribution in [-0.4, -0.2) is 4.98 Å². The molecule has 14 heavy (non-hydrogen) atoms. The highest BCUT2D eigenvalue weighted by molar-refractivity contribution is 9.08. The van der Waals surface area contributed by atoms with Gasteiger partial charge in [-0.2, -0.15) is 0 Å². The molecule has 4 heteroatoms. The van der Waals surface area contributed by atoms with Gasteiger partial charge in [-0.3, -0.25) is 4.98 Å². The van der Waals surface area contributed by atoms with Gasteiger partial charge in [0.15, 0.2) is 0 Å². The van der Waals surface area contributed by atoms with Crippen molar-refractivity contribution in [3.05, 3.63) is 42.0 Å². The van der Waals surface area contributed by atoms with Crippen LogP contribution in [0, 0.1) is 5.82 Å². The molecule has 0 spiro atoms. The Morgan fingerprint density at radius 1 is 1.21 bits per heavy atom. The van der Waals surface area contributed by atoms with Crippen LogP contribution in [-0.2, 0) is 5.33 Å². The van der Waals surface area contributed by atoms with E-state index in [1.165, 1.54) is 6.07 Å². The lowest BCUT2D eigenvalue weighted by Crippen LogP contribution is -1.86. The van der Waals surface area contributed by atoms with Crippen molar-refractivity contribution in [3.63, 3.8) is 0 Å². The fourth-order valence-corrected chi connectivity index (χ4v) is 1.82. The molecule has 74 valence electrons. The minimum Gasteiger partial charge on any atom is -0.264 e. The van der Waals surface area contributed by atoms with Gasteiger partial charge in [0.25, 0.3) is 0 Å². The maximum absolute atomic E-state index is 13.3. The third-order valence-corrected chi connectivity index (χ3v) is 2.60. The van der Waals surface area contributed by atoms with Crippen molar-refractivity contribution in [2.24, 2.45) is 0 Å². The van der Waals surface area contributed by atoms with Crippen molar-refractivity contribution in [2.75, 3.05) is 0 Å². The first kappa shape index (κ1) is 11.6. The van der Waals surface area contributed by atoms with E-state index >= 15 is 0 Å². The van der Waals surface area contributed by atoms with Crippen LogP contribution >= 0.6 is 32.9 Å². The first-order chi connectivity index (χ1) is 6.33. The van der Waals surface area contributed by atoms with Crippen LogP contribution in [0.2, 0.25) is 0 Å². The number of nitrogens with zero attached hydrogens (tertiary/aromatic N) is 1. The highest BCUT2D eigenvalue weighted by Crippen LogP contribution is 2.22. The van der Waals surface area contributed by atoms with Gasteiger partial charge in [-0.15, -0.1) is 17.0 Å².